The van der Waals surface area contributed by atoms with Crippen LogP contribution in [-0.2, 0) is 0 Å². The van der Waals surface area contributed by atoms with E-state index in [0.29, 0.717) is 5.75 Å². The van der Waals surface area contributed by atoms with Gasteiger partial charge in [-0.2, -0.15) is 0 Å². The van der Waals surface area contributed by atoms with Crippen molar-refractivity contribution >= 4 is 57.3 Å². The van der Waals surface area contributed by atoms with Gasteiger partial charge in [-0.15, -0.1) is 0 Å². The molecular formula is C29H21BN2O2. The number of amides is 1. The Kier molecular flexibility index (Phi) is 3.55. The van der Waals surface area contributed by atoms with Crippen LogP contribution >= 0.6 is 0 Å². The van der Waals surface area contributed by atoms with Gasteiger partial charge in [-0.05, 0) is 72.3 Å². The first kappa shape index (κ1) is 18.4. The Morgan fingerprint density at radius 1 is 0.794 bits per heavy atom. The summed E-state index contributed by atoms with van der Waals surface area (Å²) in [7, 11) is 0. The predicted molar refractivity (Wildman–Crippen MR) is 138 cm³/mol. The number of anilines is 4. The molecule has 0 saturated carbocycles. The molecule has 5 heteroatoms. The molecule has 4 aliphatic rings. The Labute approximate surface area is 198 Å². The van der Waals surface area contributed by atoms with Crippen molar-refractivity contribution in [3.8, 4) is 5.75 Å². The third-order valence-corrected chi connectivity index (χ3v) is 7.85. The number of hydrogen-bond acceptors (Lipinski definition) is 3. The maximum Gasteiger partial charge on any atom is 0.424 e. The summed E-state index contributed by atoms with van der Waals surface area (Å²) in [6.45, 7) is 0.163. The fourth-order valence-electron chi connectivity index (χ4n) is 6.58. The second kappa shape index (κ2) is 6.54. The Morgan fingerprint density at radius 3 is 2.53 bits per heavy atom. The van der Waals surface area contributed by atoms with E-state index in [1.54, 1.807) is 0 Å². The van der Waals surface area contributed by atoms with E-state index in [9.17, 15) is 4.79 Å². The van der Waals surface area contributed by atoms with Gasteiger partial charge < -0.3 is 9.64 Å². The van der Waals surface area contributed by atoms with E-state index in [-0.39, 0.29) is 12.8 Å². The molecular weight excluding hydrogens is 419 g/mol. The van der Waals surface area contributed by atoms with Crippen molar-refractivity contribution in [3.63, 3.8) is 0 Å². The van der Waals surface area contributed by atoms with Gasteiger partial charge in [0.2, 0.25) is 6.71 Å². The lowest BCUT2D eigenvalue weighted by Crippen LogP contribution is -2.58. The maximum atomic E-state index is 13.4. The molecule has 4 aromatic rings. The van der Waals surface area contributed by atoms with E-state index in [4.69, 9.17) is 4.74 Å². The lowest BCUT2D eigenvalue weighted by molar-refractivity contribution is 0.208. The van der Waals surface area contributed by atoms with Crippen LogP contribution in [0.2, 0.25) is 0 Å². The second-order valence-corrected chi connectivity index (χ2v) is 9.56. The number of fused-ring (bicyclic) bond motifs is 4. The summed E-state index contributed by atoms with van der Waals surface area (Å²) < 4.78 is 5.89. The smallest absolute Gasteiger partial charge is 0.409 e. The first-order chi connectivity index (χ1) is 16.8. The molecule has 3 heterocycles. The van der Waals surface area contributed by atoms with E-state index in [0.717, 1.165) is 59.2 Å². The minimum Gasteiger partial charge on any atom is -0.409 e. The Morgan fingerprint density at radius 2 is 1.62 bits per heavy atom. The van der Waals surface area contributed by atoms with Gasteiger partial charge in [0.1, 0.15) is 5.75 Å². The summed E-state index contributed by atoms with van der Waals surface area (Å²) in [4.78, 5) is 17.7. The summed E-state index contributed by atoms with van der Waals surface area (Å²) in [5.74, 6) is 0.667. The highest BCUT2D eigenvalue weighted by atomic mass is 16.6. The van der Waals surface area contributed by atoms with Gasteiger partial charge in [0, 0.05) is 28.1 Å². The zero-order valence-corrected chi connectivity index (χ0v) is 18.6. The number of allylic oxidation sites excluding steroid dienone is 2. The van der Waals surface area contributed by atoms with Crippen LogP contribution in [0.3, 0.4) is 0 Å². The molecule has 0 spiro atoms. The predicted octanol–water partition coefficient (Wildman–Crippen LogP) is 5.93. The van der Waals surface area contributed by atoms with E-state index < -0.39 is 0 Å². The number of para-hydroxylation sites is 2. The van der Waals surface area contributed by atoms with Gasteiger partial charge >= 0.3 is 6.09 Å². The summed E-state index contributed by atoms with van der Waals surface area (Å²) in [5.41, 5.74) is 9.63. The van der Waals surface area contributed by atoms with Crippen molar-refractivity contribution < 1.29 is 9.53 Å². The molecule has 0 atom stereocenters. The molecule has 162 valence electrons. The van der Waals surface area contributed by atoms with Crippen LogP contribution < -0.4 is 25.5 Å². The Balaban J connectivity index is 1.56. The molecule has 34 heavy (non-hydrogen) atoms. The lowest BCUT2D eigenvalue weighted by atomic mass is 9.32. The number of rotatable bonds is 1. The van der Waals surface area contributed by atoms with Crippen LogP contribution in [0, 0.1) is 0 Å². The van der Waals surface area contributed by atoms with Crippen LogP contribution in [0.1, 0.15) is 25.7 Å². The van der Waals surface area contributed by atoms with E-state index in [2.05, 4.69) is 71.6 Å². The molecule has 8 rings (SSSR count). The van der Waals surface area contributed by atoms with Gasteiger partial charge in [-0.3, -0.25) is 4.90 Å². The molecule has 3 aliphatic heterocycles. The van der Waals surface area contributed by atoms with Crippen LogP contribution in [0.15, 0.2) is 90.0 Å². The topological polar surface area (TPSA) is 32.8 Å². The van der Waals surface area contributed by atoms with Crippen LogP contribution in [-0.4, -0.2) is 12.8 Å². The summed E-state index contributed by atoms with van der Waals surface area (Å²) in [6, 6.07) is 27.7. The summed E-state index contributed by atoms with van der Waals surface area (Å²) in [6.07, 6.45) is 3.92. The van der Waals surface area contributed by atoms with Crippen molar-refractivity contribution in [1.82, 2.24) is 0 Å². The molecule has 4 aromatic carbocycles. The monoisotopic (exact) mass is 440 g/mol. The highest BCUT2D eigenvalue weighted by Gasteiger charge is 2.48. The van der Waals surface area contributed by atoms with Crippen molar-refractivity contribution in [2.75, 3.05) is 9.80 Å². The van der Waals surface area contributed by atoms with Crippen LogP contribution in [0.4, 0.5) is 27.5 Å². The average Bonchev–Trinajstić information content (AvgIpc) is 2.88. The summed E-state index contributed by atoms with van der Waals surface area (Å²) in [5, 5.41) is 2.15. The molecule has 0 aromatic heterocycles. The molecule has 0 fully saturated rings. The Bertz CT molecular complexity index is 1580. The fraction of sp³-hybridized carbons (Fsp3) is 0.138. The molecule has 0 N–H and O–H groups in total. The lowest BCUT2D eigenvalue weighted by Gasteiger charge is -2.46. The number of hydrogen-bond donors (Lipinski definition) is 0. The van der Waals surface area contributed by atoms with Gasteiger partial charge in [-0.1, -0.05) is 54.0 Å². The van der Waals surface area contributed by atoms with Crippen molar-refractivity contribution in [1.29, 1.82) is 0 Å². The van der Waals surface area contributed by atoms with E-state index in [1.807, 2.05) is 17.0 Å². The van der Waals surface area contributed by atoms with Gasteiger partial charge in [-0.25, -0.2) is 4.79 Å². The van der Waals surface area contributed by atoms with Crippen LogP contribution in [0.25, 0.3) is 10.8 Å². The zero-order chi connectivity index (χ0) is 22.4. The molecule has 4 nitrogen and oxygen atoms in total. The number of nitrogens with zero attached hydrogens (tertiary/aromatic N) is 2. The summed E-state index contributed by atoms with van der Waals surface area (Å²) >= 11 is 0. The molecule has 0 bridgehead atoms. The SMILES string of the molecule is O=C1Oc2cccc3cc4c5c(c23)N1C1=C(CCCC1)B5c1ccccc1N4c1ccccc1. The van der Waals surface area contributed by atoms with Gasteiger partial charge in [0.05, 0.1) is 5.69 Å². The molecule has 0 saturated heterocycles. The number of carbonyl (C=O) groups excluding carboxylic acids is 1. The second-order valence-electron chi connectivity index (χ2n) is 9.56. The number of benzene rings is 4. The third-order valence-electron chi connectivity index (χ3n) is 7.85. The number of carbonyl (C=O) groups is 1. The van der Waals surface area contributed by atoms with E-state index >= 15 is 0 Å². The fourth-order valence-corrected chi connectivity index (χ4v) is 6.58. The highest BCUT2D eigenvalue weighted by molar-refractivity contribution is 6.95. The third kappa shape index (κ3) is 2.22. The minimum absolute atomic E-state index is 0.163. The molecule has 1 amide bonds. The van der Waals surface area contributed by atoms with Gasteiger partial charge in [0.25, 0.3) is 0 Å². The van der Waals surface area contributed by atoms with Crippen molar-refractivity contribution in [3.05, 3.63) is 90.0 Å². The largest absolute Gasteiger partial charge is 0.424 e. The highest BCUT2D eigenvalue weighted by Crippen LogP contribution is 2.50. The quantitative estimate of drug-likeness (QED) is 0.344. The molecule has 1 aliphatic carbocycles. The maximum absolute atomic E-state index is 13.4. The average molecular weight is 440 g/mol. The zero-order valence-electron chi connectivity index (χ0n) is 18.6. The van der Waals surface area contributed by atoms with Crippen molar-refractivity contribution in [2.45, 2.75) is 25.7 Å². The first-order valence-electron chi connectivity index (χ1n) is 12.1. The number of ether oxygens (including phenoxy) is 1. The first-order valence-corrected chi connectivity index (χ1v) is 12.1. The standard InChI is InChI=1S/C29H21BN2O2/c33-29-32-23-15-7-5-13-21(23)30-20-12-4-6-14-22(20)31(19-10-2-1-3-11-19)24-17-18-9-8-16-25(34-29)26(18)28(32)27(24)30/h1-4,6,8-12,14,16-17H,5,7,13,15H2. The molecule has 0 unspecified atom stereocenters. The molecule has 0 radical (unpaired) electrons. The van der Waals surface area contributed by atoms with Gasteiger partial charge in [0.15, 0.2) is 0 Å². The Hall–Kier alpha value is -3.99. The van der Waals surface area contributed by atoms with E-state index in [1.165, 1.54) is 22.1 Å². The normalized spacial score (nSPS) is 17.5. The minimum atomic E-state index is -0.272. The van der Waals surface area contributed by atoms with Crippen molar-refractivity contribution in [2.24, 2.45) is 0 Å². The van der Waals surface area contributed by atoms with Crippen LogP contribution in [0.5, 0.6) is 5.75 Å².